The summed E-state index contributed by atoms with van der Waals surface area (Å²) in [5, 5.41) is 6.29. The maximum Gasteiger partial charge on any atom is 0.586 e. The van der Waals surface area contributed by atoms with E-state index in [0.717, 1.165) is 0 Å². The van der Waals surface area contributed by atoms with Gasteiger partial charge in [-0.05, 0) is 49.2 Å². The largest absolute Gasteiger partial charge is 0.586 e. The molecular weight excluding hydrogens is 360 g/mol. The number of fused-ring (bicyclic) bond motifs is 1. The Hall–Kier alpha value is -3.49. The predicted molar refractivity (Wildman–Crippen MR) is 89.8 cm³/mol. The molecule has 1 aliphatic rings. The van der Waals surface area contributed by atoms with Crippen LogP contribution in [-0.2, 0) is 0 Å². The Bertz CT molecular complexity index is 1030. The molecule has 3 aromatic rings. The zero-order valence-corrected chi connectivity index (χ0v) is 14.2. The zero-order chi connectivity index (χ0) is 19.2. The first-order chi connectivity index (χ1) is 12.8. The smallest absolute Gasteiger partial charge is 0.395 e. The summed E-state index contributed by atoms with van der Waals surface area (Å²) in [7, 11) is 0. The summed E-state index contributed by atoms with van der Waals surface area (Å²) in [6.45, 7) is 3.42. The number of halogens is 2. The molecular formula is C18H13F2N3O4. The van der Waals surface area contributed by atoms with Gasteiger partial charge >= 0.3 is 6.29 Å². The second-order valence-electron chi connectivity index (χ2n) is 5.98. The van der Waals surface area contributed by atoms with Crippen LogP contribution in [0, 0.1) is 13.8 Å². The van der Waals surface area contributed by atoms with Crippen LogP contribution >= 0.6 is 0 Å². The lowest BCUT2D eigenvalue weighted by molar-refractivity contribution is -0.286. The first-order valence-electron chi connectivity index (χ1n) is 7.92. The molecule has 7 nitrogen and oxygen atoms in total. The number of rotatable bonds is 3. The van der Waals surface area contributed by atoms with Gasteiger partial charge in [-0.15, -0.1) is 8.78 Å². The van der Waals surface area contributed by atoms with Gasteiger partial charge in [-0.25, -0.2) is 4.98 Å². The summed E-state index contributed by atoms with van der Waals surface area (Å²) < 4.78 is 40.1. The zero-order valence-electron chi connectivity index (χ0n) is 14.2. The van der Waals surface area contributed by atoms with E-state index in [1.165, 1.54) is 24.6 Å². The second kappa shape index (κ2) is 6.04. The molecule has 9 heteroatoms. The highest BCUT2D eigenvalue weighted by atomic mass is 19.3. The second-order valence-corrected chi connectivity index (χ2v) is 5.98. The van der Waals surface area contributed by atoms with Gasteiger partial charge in [0.15, 0.2) is 11.5 Å². The first-order valence-corrected chi connectivity index (χ1v) is 7.92. The maximum atomic E-state index is 13.2. The number of anilines is 1. The standard InChI is InChI=1S/C18H13F2N3O4/c1-9-5-14-15(27-18(19,20)26-14)6-12(9)11-3-4-16(21-7-11)22-17(24)13-8-25-23-10(13)2/h3-8H,1-2H3,(H,21,22,24). The molecule has 0 aliphatic carbocycles. The van der Waals surface area contributed by atoms with E-state index >= 15 is 0 Å². The Morgan fingerprint density at radius 3 is 2.52 bits per heavy atom. The Morgan fingerprint density at radius 1 is 1.15 bits per heavy atom. The molecule has 3 heterocycles. The third-order valence-electron chi connectivity index (χ3n) is 4.06. The minimum absolute atomic E-state index is 0.0119. The van der Waals surface area contributed by atoms with Crippen LogP contribution in [0.15, 0.2) is 41.2 Å². The summed E-state index contributed by atoms with van der Waals surface area (Å²) in [5.41, 5.74) is 2.84. The normalized spacial score (nSPS) is 14.2. The fourth-order valence-electron chi connectivity index (χ4n) is 2.73. The van der Waals surface area contributed by atoms with Crippen LogP contribution in [0.5, 0.6) is 11.5 Å². The minimum atomic E-state index is -3.67. The van der Waals surface area contributed by atoms with Crippen molar-refractivity contribution >= 4 is 11.7 Å². The van der Waals surface area contributed by atoms with E-state index < -0.39 is 12.2 Å². The van der Waals surface area contributed by atoms with E-state index in [1.807, 2.05) is 0 Å². The van der Waals surface area contributed by atoms with Crippen molar-refractivity contribution in [3.05, 3.63) is 53.5 Å². The molecule has 1 aliphatic heterocycles. The highest BCUT2D eigenvalue weighted by molar-refractivity contribution is 6.04. The molecule has 1 aromatic carbocycles. The number of pyridine rings is 1. The molecule has 0 unspecified atom stereocenters. The monoisotopic (exact) mass is 373 g/mol. The van der Waals surface area contributed by atoms with Gasteiger partial charge in [0.2, 0.25) is 0 Å². The third kappa shape index (κ3) is 3.19. The van der Waals surface area contributed by atoms with Gasteiger partial charge in [0.1, 0.15) is 17.6 Å². The van der Waals surface area contributed by atoms with Gasteiger partial charge in [-0.3, -0.25) is 4.79 Å². The quantitative estimate of drug-likeness (QED) is 0.749. The molecule has 0 fully saturated rings. The fraction of sp³-hybridized carbons (Fsp3) is 0.167. The molecule has 0 saturated carbocycles. The van der Waals surface area contributed by atoms with Crippen molar-refractivity contribution in [2.45, 2.75) is 20.1 Å². The Balaban J connectivity index is 1.57. The summed E-state index contributed by atoms with van der Waals surface area (Å²) >= 11 is 0. The topological polar surface area (TPSA) is 86.5 Å². The van der Waals surface area contributed by atoms with Crippen LogP contribution in [0.4, 0.5) is 14.6 Å². The molecule has 1 amide bonds. The number of amides is 1. The van der Waals surface area contributed by atoms with E-state index in [0.29, 0.717) is 33.8 Å². The van der Waals surface area contributed by atoms with Crippen LogP contribution in [0.2, 0.25) is 0 Å². The summed E-state index contributed by atoms with van der Waals surface area (Å²) in [4.78, 5) is 16.3. The fourth-order valence-corrected chi connectivity index (χ4v) is 2.73. The molecule has 0 radical (unpaired) electrons. The number of benzene rings is 1. The van der Waals surface area contributed by atoms with E-state index in [9.17, 15) is 13.6 Å². The van der Waals surface area contributed by atoms with E-state index in [-0.39, 0.29) is 11.5 Å². The number of carbonyl (C=O) groups excluding carboxylic acids is 1. The lowest BCUT2D eigenvalue weighted by Crippen LogP contribution is -2.25. The lowest BCUT2D eigenvalue weighted by Gasteiger charge is -2.08. The van der Waals surface area contributed by atoms with Crippen molar-refractivity contribution < 1.29 is 27.6 Å². The molecule has 0 atom stereocenters. The van der Waals surface area contributed by atoms with Crippen molar-refractivity contribution in [2.24, 2.45) is 0 Å². The van der Waals surface area contributed by atoms with Crippen LogP contribution < -0.4 is 14.8 Å². The number of hydrogen-bond acceptors (Lipinski definition) is 6. The highest BCUT2D eigenvalue weighted by Crippen LogP contribution is 2.44. The summed E-state index contributed by atoms with van der Waals surface area (Å²) in [6.07, 6.45) is -0.886. The van der Waals surface area contributed by atoms with E-state index in [4.69, 9.17) is 4.52 Å². The van der Waals surface area contributed by atoms with Crippen molar-refractivity contribution in [1.29, 1.82) is 0 Å². The molecule has 1 N–H and O–H groups in total. The molecule has 0 bridgehead atoms. The van der Waals surface area contributed by atoms with Gasteiger partial charge in [0.05, 0.1) is 5.69 Å². The first kappa shape index (κ1) is 17.0. The number of nitrogens with zero attached hydrogens (tertiary/aromatic N) is 2. The number of aryl methyl sites for hydroxylation is 2. The average molecular weight is 373 g/mol. The molecule has 138 valence electrons. The molecule has 0 spiro atoms. The predicted octanol–water partition coefficient (Wildman–Crippen LogP) is 3.93. The number of hydrogen-bond donors (Lipinski definition) is 1. The lowest BCUT2D eigenvalue weighted by atomic mass is 10.0. The average Bonchev–Trinajstić information content (AvgIpc) is 3.16. The molecule has 2 aromatic heterocycles. The molecule has 0 saturated heterocycles. The summed E-state index contributed by atoms with van der Waals surface area (Å²) in [5.74, 6) is -0.118. The number of carbonyl (C=O) groups is 1. The van der Waals surface area contributed by atoms with Crippen LogP contribution in [0.1, 0.15) is 21.6 Å². The van der Waals surface area contributed by atoms with Crippen molar-refractivity contribution in [2.75, 3.05) is 5.32 Å². The van der Waals surface area contributed by atoms with Crippen LogP contribution in [0.3, 0.4) is 0 Å². The number of nitrogens with one attached hydrogen (secondary N) is 1. The van der Waals surface area contributed by atoms with Crippen LogP contribution in [-0.4, -0.2) is 22.3 Å². The third-order valence-corrected chi connectivity index (χ3v) is 4.06. The number of ether oxygens (including phenoxy) is 2. The number of alkyl halides is 2. The van der Waals surface area contributed by atoms with Gasteiger partial charge in [0.25, 0.3) is 5.91 Å². The molecule has 4 rings (SSSR count). The summed E-state index contributed by atoms with van der Waals surface area (Å²) in [6, 6.07) is 6.28. The van der Waals surface area contributed by atoms with Crippen molar-refractivity contribution in [1.82, 2.24) is 10.1 Å². The van der Waals surface area contributed by atoms with Gasteiger partial charge in [-0.2, -0.15) is 0 Å². The van der Waals surface area contributed by atoms with E-state index in [2.05, 4.69) is 24.9 Å². The van der Waals surface area contributed by atoms with Gasteiger partial charge < -0.3 is 19.3 Å². The van der Waals surface area contributed by atoms with Gasteiger partial charge in [-0.1, -0.05) is 5.16 Å². The Kier molecular flexibility index (Phi) is 3.79. The van der Waals surface area contributed by atoms with E-state index in [1.54, 1.807) is 26.0 Å². The van der Waals surface area contributed by atoms with Crippen LogP contribution in [0.25, 0.3) is 11.1 Å². The Labute approximate surface area is 151 Å². The Morgan fingerprint density at radius 2 is 1.89 bits per heavy atom. The van der Waals surface area contributed by atoms with Crippen molar-refractivity contribution in [3.8, 4) is 22.6 Å². The number of aromatic nitrogens is 2. The maximum absolute atomic E-state index is 13.2. The van der Waals surface area contributed by atoms with Gasteiger partial charge in [0, 0.05) is 11.8 Å². The SMILES string of the molecule is Cc1cc2c(cc1-c1ccc(NC(=O)c3conc3C)nc1)OC(F)(F)O2. The highest BCUT2D eigenvalue weighted by Gasteiger charge is 2.43. The minimum Gasteiger partial charge on any atom is -0.395 e. The molecule has 27 heavy (non-hydrogen) atoms. The van der Waals surface area contributed by atoms with Crippen molar-refractivity contribution in [3.63, 3.8) is 0 Å².